The van der Waals surface area contributed by atoms with Crippen molar-refractivity contribution in [2.75, 3.05) is 26.2 Å². The van der Waals surface area contributed by atoms with Gasteiger partial charge in [0.2, 0.25) is 11.8 Å². The van der Waals surface area contributed by atoms with Gasteiger partial charge >= 0.3 is 6.03 Å². The van der Waals surface area contributed by atoms with E-state index < -0.39 is 11.9 Å². The van der Waals surface area contributed by atoms with Gasteiger partial charge in [-0.15, -0.1) is 0 Å². The summed E-state index contributed by atoms with van der Waals surface area (Å²) in [5.41, 5.74) is 5.23. The second-order valence-corrected chi connectivity index (χ2v) is 4.65. The van der Waals surface area contributed by atoms with Crippen molar-refractivity contribution < 1.29 is 14.4 Å². The molecule has 0 saturated carbocycles. The van der Waals surface area contributed by atoms with Gasteiger partial charge in [-0.3, -0.25) is 9.59 Å². The fourth-order valence-corrected chi connectivity index (χ4v) is 2.24. The van der Waals surface area contributed by atoms with Crippen LogP contribution in [0.5, 0.6) is 0 Å². The minimum Gasteiger partial charge on any atom is -0.368 e. The number of rotatable bonds is 3. The topological polar surface area (TPSA) is 95.7 Å². The van der Waals surface area contributed by atoms with Crippen molar-refractivity contribution in [2.24, 2.45) is 5.73 Å². The quantitative estimate of drug-likeness (QED) is 0.667. The normalized spacial score (nSPS) is 22.6. The van der Waals surface area contributed by atoms with E-state index in [-0.39, 0.29) is 18.5 Å². The monoisotopic (exact) mass is 254 g/mol. The van der Waals surface area contributed by atoms with Crippen LogP contribution in [0.25, 0.3) is 0 Å². The van der Waals surface area contributed by atoms with Gasteiger partial charge in [0.1, 0.15) is 6.04 Å². The molecule has 0 spiro atoms. The van der Waals surface area contributed by atoms with E-state index in [0.717, 1.165) is 25.9 Å². The second kappa shape index (κ2) is 5.24. The molecule has 100 valence electrons. The SMILES string of the molecule is NC(=O)C1CCCN1C(=O)CNC(=O)N1CCC1. The number of hydrogen-bond donors (Lipinski definition) is 2. The molecule has 2 saturated heterocycles. The molecule has 2 fully saturated rings. The first kappa shape index (κ1) is 12.7. The average molecular weight is 254 g/mol. The molecule has 0 radical (unpaired) electrons. The highest BCUT2D eigenvalue weighted by Gasteiger charge is 2.32. The van der Waals surface area contributed by atoms with Crippen molar-refractivity contribution in [2.45, 2.75) is 25.3 Å². The third-order valence-electron chi connectivity index (χ3n) is 3.44. The van der Waals surface area contributed by atoms with Crippen LogP contribution in [-0.4, -0.2) is 59.9 Å². The Labute approximate surface area is 105 Å². The van der Waals surface area contributed by atoms with Gasteiger partial charge in [0.15, 0.2) is 0 Å². The summed E-state index contributed by atoms with van der Waals surface area (Å²) in [5.74, 6) is -0.722. The molecule has 7 heteroatoms. The zero-order valence-corrected chi connectivity index (χ0v) is 10.2. The van der Waals surface area contributed by atoms with Gasteiger partial charge in [0.05, 0.1) is 6.54 Å². The number of nitrogens with two attached hydrogens (primary N) is 1. The molecule has 0 bridgehead atoms. The first-order valence-electron chi connectivity index (χ1n) is 6.21. The fourth-order valence-electron chi connectivity index (χ4n) is 2.24. The van der Waals surface area contributed by atoms with E-state index in [0.29, 0.717) is 13.0 Å². The molecule has 1 unspecified atom stereocenters. The van der Waals surface area contributed by atoms with E-state index in [1.54, 1.807) is 4.90 Å². The van der Waals surface area contributed by atoms with Gasteiger partial charge < -0.3 is 20.9 Å². The minimum atomic E-state index is -0.515. The largest absolute Gasteiger partial charge is 0.368 e. The van der Waals surface area contributed by atoms with Crippen LogP contribution in [0.4, 0.5) is 4.79 Å². The van der Waals surface area contributed by atoms with Crippen LogP contribution in [0.2, 0.25) is 0 Å². The van der Waals surface area contributed by atoms with Gasteiger partial charge in [-0.1, -0.05) is 0 Å². The molecule has 0 aliphatic carbocycles. The van der Waals surface area contributed by atoms with E-state index in [4.69, 9.17) is 5.73 Å². The predicted molar refractivity (Wildman–Crippen MR) is 63.5 cm³/mol. The van der Waals surface area contributed by atoms with Crippen LogP contribution in [0.1, 0.15) is 19.3 Å². The van der Waals surface area contributed by atoms with Crippen molar-refractivity contribution in [3.05, 3.63) is 0 Å². The number of urea groups is 1. The predicted octanol–water partition coefficient (Wildman–Crippen LogP) is -1.12. The molecule has 2 aliphatic rings. The van der Waals surface area contributed by atoms with Crippen molar-refractivity contribution in [1.82, 2.24) is 15.1 Å². The molecular formula is C11H18N4O3. The van der Waals surface area contributed by atoms with Crippen LogP contribution < -0.4 is 11.1 Å². The Morgan fingerprint density at radius 3 is 2.44 bits per heavy atom. The maximum atomic E-state index is 11.9. The molecule has 2 rings (SSSR count). The number of carbonyl (C=O) groups is 3. The number of carbonyl (C=O) groups excluding carboxylic acids is 3. The summed E-state index contributed by atoms with van der Waals surface area (Å²) in [5, 5.41) is 2.56. The number of nitrogens with one attached hydrogen (secondary N) is 1. The molecular weight excluding hydrogens is 236 g/mol. The lowest BCUT2D eigenvalue weighted by Crippen LogP contribution is -2.52. The number of amides is 4. The first-order chi connectivity index (χ1) is 8.59. The molecule has 18 heavy (non-hydrogen) atoms. The summed E-state index contributed by atoms with van der Waals surface area (Å²) >= 11 is 0. The zero-order chi connectivity index (χ0) is 13.1. The lowest BCUT2D eigenvalue weighted by Gasteiger charge is -2.31. The maximum absolute atomic E-state index is 11.9. The molecule has 3 N–H and O–H groups in total. The molecule has 7 nitrogen and oxygen atoms in total. The van der Waals surface area contributed by atoms with E-state index in [9.17, 15) is 14.4 Å². The molecule has 2 aliphatic heterocycles. The van der Waals surface area contributed by atoms with Crippen LogP contribution >= 0.6 is 0 Å². The van der Waals surface area contributed by atoms with Crippen molar-refractivity contribution in [3.63, 3.8) is 0 Å². The second-order valence-electron chi connectivity index (χ2n) is 4.65. The Morgan fingerprint density at radius 1 is 1.17 bits per heavy atom. The lowest BCUT2D eigenvalue weighted by atomic mass is 10.2. The van der Waals surface area contributed by atoms with E-state index in [2.05, 4.69) is 5.32 Å². The van der Waals surface area contributed by atoms with E-state index >= 15 is 0 Å². The summed E-state index contributed by atoms with van der Waals surface area (Å²) < 4.78 is 0. The van der Waals surface area contributed by atoms with E-state index in [1.165, 1.54) is 4.90 Å². The summed E-state index contributed by atoms with van der Waals surface area (Å²) in [6.07, 6.45) is 2.40. The Bertz CT molecular complexity index is 367. The van der Waals surface area contributed by atoms with Crippen LogP contribution in [0.3, 0.4) is 0 Å². The minimum absolute atomic E-state index is 0.0703. The smallest absolute Gasteiger partial charge is 0.317 e. The summed E-state index contributed by atoms with van der Waals surface area (Å²) in [4.78, 5) is 37.6. The van der Waals surface area contributed by atoms with Crippen molar-refractivity contribution in [1.29, 1.82) is 0 Å². The molecule has 0 aromatic carbocycles. The molecule has 0 aromatic heterocycles. The molecule has 4 amide bonds. The van der Waals surface area contributed by atoms with Gasteiger partial charge in [0.25, 0.3) is 0 Å². The first-order valence-corrected chi connectivity index (χ1v) is 6.21. The number of nitrogens with zero attached hydrogens (tertiary/aromatic N) is 2. The van der Waals surface area contributed by atoms with Crippen molar-refractivity contribution in [3.8, 4) is 0 Å². The third-order valence-corrected chi connectivity index (χ3v) is 3.44. The fraction of sp³-hybridized carbons (Fsp3) is 0.727. The van der Waals surface area contributed by atoms with E-state index in [1.807, 2.05) is 0 Å². The lowest BCUT2D eigenvalue weighted by molar-refractivity contribution is -0.136. The summed E-state index contributed by atoms with van der Waals surface area (Å²) in [7, 11) is 0. The zero-order valence-electron chi connectivity index (χ0n) is 10.2. The highest BCUT2D eigenvalue weighted by Crippen LogP contribution is 2.16. The number of primary amides is 1. The highest BCUT2D eigenvalue weighted by molar-refractivity contribution is 5.89. The Hall–Kier alpha value is -1.79. The van der Waals surface area contributed by atoms with Crippen molar-refractivity contribution >= 4 is 17.8 Å². The summed E-state index contributed by atoms with van der Waals surface area (Å²) in [6.45, 7) is 1.95. The number of hydrogen-bond acceptors (Lipinski definition) is 3. The van der Waals surface area contributed by atoms with Crippen LogP contribution in [-0.2, 0) is 9.59 Å². The van der Waals surface area contributed by atoms with Gasteiger partial charge in [-0.05, 0) is 19.3 Å². The molecule has 0 aromatic rings. The third kappa shape index (κ3) is 2.55. The van der Waals surface area contributed by atoms with Gasteiger partial charge in [-0.25, -0.2) is 4.79 Å². The van der Waals surface area contributed by atoms with Crippen LogP contribution in [0.15, 0.2) is 0 Å². The van der Waals surface area contributed by atoms with Gasteiger partial charge in [-0.2, -0.15) is 0 Å². The Balaban J connectivity index is 1.80. The Morgan fingerprint density at radius 2 is 1.89 bits per heavy atom. The highest BCUT2D eigenvalue weighted by atomic mass is 16.2. The molecule has 1 atom stereocenters. The number of likely N-dealkylation sites (tertiary alicyclic amines) is 2. The Kier molecular flexibility index (Phi) is 3.69. The molecule has 2 heterocycles. The van der Waals surface area contributed by atoms with Crippen LogP contribution in [0, 0.1) is 0 Å². The average Bonchev–Trinajstić information content (AvgIpc) is 2.72. The summed E-state index contributed by atoms with van der Waals surface area (Å²) in [6, 6.07) is -0.733. The maximum Gasteiger partial charge on any atom is 0.317 e. The standard InChI is InChI=1S/C11H18N4O3/c12-10(17)8-3-1-6-15(8)9(16)7-13-11(18)14-4-2-5-14/h8H,1-7H2,(H2,12,17)(H,13,18). The van der Waals surface area contributed by atoms with Gasteiger partial charge in [0, 0.05) is 19.6 Å².